The monoisotopic (exact) mass is 188 g/mol. The number of thioether (sulfide) groups is 1. The Labute approximate surface area is 73.2 Å². The first kappa shape index (κ1) is 8.62. The van der Waals surface area contributed by atoms with Gasteiger partial charge in [0.25, 0.3) is 0 Å². The first-order chi connectivity index (χ1) is 5.20. The van der Waals surface area contributed by atoms with Gasteiger partial charge in [-0.05, 0) is 18.4 Å². The third kappa shape index (κ3) is 2.55. The lowest BCUT2D eigenvalue weighted by Crippen LogP contribution is -2.10. The third-order valence-electron chi connectivity index (χ3n) is 1.14. The van der Waals surface area contributed by atoms with Crippen LogP contribution >= 0.6 is 23.1 Å². The van der Waals surface area contributed by atoms with E-state index < -0.39 is 5.97 Å². The van der Waals surface area contributed by atoms with Gasteiger partial charge in [0, 0.05) is 0 Å². The number of thiophene rings is 1. The highest BCUT2D eigenvalue weighted by molar-refractivity contribution is 8.02. The molecule has 4 heteroatoms. The number of carboxylic acids is 1. The molecule has 1 atom stereocenters. The fourth-order valence-electron chi connectivity index (χ4n) is 0.555. The summed E-state index contributed by atoms with van der Waals surface area (Å²) >= 11 is 2.95. The van der Waals surface area contributed by atoms with Crippen LogP contribution in [0.4, 0.5) is 0 Å². The minimum atomic E-state index is -0.761. The lowest BCUT2D eigenvalue weighted by Gasteiger charge is -2.01. The molecule has 0 aliphatic rings. The summed E-state index contributed by atoms with van der Waals surface area (Å²) < 4.78 is 1.06. The van der Waals surface area contributed by atoms with Crippen LogP contribution in [0, 0.1) is 0 Å². The summed E-state index contributed by atoms with van der Waals surface area (Å²) in [4.78, 5) is 10.4. The SMILES string of the molecule is C[C@H](Sc1cccs1)C(=O)O. The number of rotatable bonds is 3. The van der Waals surface area contributed by atoms with Gasteiger partial charge in [0.2, 0.25) is 0 Å². The van der Waals surface area contributed by atoms with Crippen molar-refractivity contribution in [1.82, 2.24) is 0 Å². The molecule has 0 fully saturated rings. The lowest BCUT2D eigenvalue weighted by atomic mass is 10.5. The second-order valence-corrected chi connectivity index (χ2v) is 4.62. The smallest absolute Gasteiger partial charge is 0.316 e. The van der Waals surface area contributed by atoms with Gasteiger partial charge in [0.05, 0.1) is 4.21 Å². The van der Waals surface area contributed by atoms with Gasteiger partial charge in [0.15, 0.2) is 0 Å². The van der Waals surface area contributed by atoms with Crippen LogP contribution in [-0.4, -0.2) is 16.3 Å². The molecule has 0 saturated heterocycles. The Morgan fingerprint density at radius 3 is 3.00 bits per heavy atom. The Morgan fingerprint density at radius 1 is 1.82 bits per heavy atom. The van der Waals surface area contributed by atoms with E-state index in [-0.39, 0.29) is 5.25 Å². The van der Waals surface area contributed by atoms with Gasteiger partial charge in [-0.3, -0.25) is 4.79 Å². The molecule has 0 bridgehead atoms. The van der Waals surface area contributed by atoms with Crippen LogP contribution in [0.5, 0.6) is 0 Å². The molecule has 11 heavy (non-hydrogen) atoms. The topological polar surface area (TPSA) is 37.3 Å². The quantitative estimate of drug-likeness (QED) is 0.740. The Bertz CT molecular complexity index is 231. The van der Waals surface area contributed by atoms with E-state index in [2.05, 4.69) is 0 Å². The van der Waals surface area contributed by atoms with E-state index in [1.807, 2.05) is 17.5 Å². The normalized spacial score (nSPS) is 12.8. The van der Waals surface area contributed by atoms with Crippen molar-refractivity contribution in [2.75, 3.05) is 0 Å². The zero-order valence-corrected chi connectivity index (χ0v) is 7.61. The summed E-state index contributed by atoms with van der Waals surface area (Å²) in [5, 5.41) is 10.2. The molecule has 1 heterocycles. The molecule has 0 aliphatic heterocycles. The summed E-state index contributed by atoms with van der Waals surface area (Å²) in [7, 11) is 0. The van der Waals surface area contributed by atoms with E-state index in [9.17, 15) is 4.79 Å². The van der Waals surface area contributed by atoms with Crippen molar-refractivity contribution in [1.29, 1.82) is 0 Å². The van der Waals surface area contributed by atoms with Crippen molar-refractivity contribution >= 4 is 29.1 Å². The zero-order valence-electron chi connectivity index (χ0n) is 5.98. The van der Waals surface area contributed by atoms with E-state index in [0.717, 1.165) is 4.21 Å². The number of hydrogen-bond acceptors (Lipinski definition) is 3. The predicted molar refractivity (Wildman–Crippen MR) is 47.3 cm³/mol. The van der Waals surface area contributed by atoms with Gasteiger partial charge >= 0.3 is 5.97 Å². The predicted octanol–water partition coefficient (Wildman–Crippen LogP) is 2.31. The van der Waals surface area contributed by atoms with Crippen LogP contribution in [0.2, 0.25) is 0 Å². The average molecular weight is 188 g/mol. The van der Waals surface area contributed by atoms with Gasteiger partial charge in [-0.2, -0.15) is 0 Å². The molecule has 2 nitrogen and oxygen atoms in total. The van der Waals surface area contributed by atoms with Gasteiger partial charge in [-0.15, -0.1) is 23.1 Å². The zero-order chi connectivity index (χ0) is 8.27. The highest BCUT2D eigenvalue weighted by atomic mass is 32.2. The maximum absolute atomic E-state index is 10.4. The van der Waals surface area contributed by atoms with Gasteiger partial charge in [-0.25, -0.2) is 0 Å². The average Bonchev–Trinajstić information content (AvgIpc) is 2.39. The van der Waals surface area contributed by atoms with E-state index in [4.69, 9.17) is 5.11 Å². The second kappa shape index (κ2) is 3.78. The standard InChI is InChI=1S/C7H8O2S2/c1-5(7(8)9)11-6-3-2-4-10-6/h2-5H,1H3,(H,8,9)/t5-/m0/s1. The molecule has 0 aliphatic carbocycles. The molecule has 1 aromatic heterocycles. The molecule has 0 spiro atoms. The highest BCUT2D eigenvalue weighted by Crippen LogP contribution is 2.27. The molecule has 0 radical (unpaired) electrons. The van der Waals surface area contributed by atoms with Gasteiger partial charge < -0.3 is 5.11 Å². The van der Waals surface area contributed by atoms with Crippen molar-refractivity contribution in [2.45, 2.75) is 16.4 Å². The van der Waals surface area contributed by atoms with Crippen LogP contribution in [0.25, 0.3) is 0 Å². The van der Waals surface area contributed by atoms with Crippen molar-refractivity contribution in [2.24, 2.45) is 0 Å². The molecule has 0 saturated carbocycles. The van der Waals surface area contributed by atoms with Crippen LogP contribution in [-0.2, 0) is 4.79 Å². The van der Waals surface area contributed by atoms with Crippen LogP contribution < -0.4 is 0 Å². The first-order valence-electron chi connectivity index (χ1n) is 3.13. The summed E-state index contributed by atoms with van der Waals surface area (Å²) in [6, 6.07) is 3.84. The summed E-state index contributed by atoms with van der Waals surface area (Å²) in [5.41, 5.74) is 0. The molecule has 0 unspecified atom stereocenters. The van der Waals surface area contributed by atoms with Crippen molar-refractivity contribution in [3.8, 4) is 0 Å². The minimum absolute atomic E-state index is 0.353. The number of carbonyl (C=O) groups is 1. The summed E-state index contributed by atoms with van der Waals surface area (Å²) in [6.07, 6.45) is 0. The maximum atomic E-state index is 10.4. The minimum Gasteiger partial charge on any atom is -0.480 e. The molecule has 0 amide bonds. The van der Waals surface area contributed by atoms with E-state index >= 15 is 0 Å². The van der Waals surface area contributed by atoms with Gasteiger partial charge in [0.1, 0.15) is 5.25 Å². The van der Waals surface area contributed by atoms with Crippen LogP contribution in [0.3, 0.4) is 0 Å². The van der Waals surface area contributed by atoms with Crippen LogP contribution in [0.1, 0.15) is 6.92 Å². The number of hydrogen-bond donors (Lipinski definition) is 1. The van der Waals surface area contributed by atoms with E-state index in [1.165, 1.54) is 11.8 Å². The van der Waals surface area contributed by atoms with Crippen LogP contribution in [0.15, 0.2) is 21.7 Å². The van der Waals surface area contributed by atoms with Crippen molar-refractivity contribution < 1.29 is 9.90 Å². The Morgan fingerprint density at radius 2 is 2.55 bits per heavy atom. The fourth-order valence-corrected chi connectivity index (χ4v) is 2.43. The third-order valence-corrected chi connectivity index (χ3v) is 3.30. The largest absolute Gasteiger partial charge is 0.480 e. The number of aliphatic carboxylic acids is 1. The Hall–Kier alpha value is -0.480. The Kier molecular flexibility index (Phi) is 2.96. The summed E-state index contributed by atoms with van der Waals surface area (Å²) in [5.74, 6) is -0.761. The summed E-state index contributed by atoms with van der Waals surface area (Å²) in [6.45, 7) is 1.69. The first-order valence-corrected chi connectivity index (χ1v) is 4.89. The number of carboxylic acid groups (broad SMARTS) is 1. The van der Waals surface area contributed by atoms with E-state index in [1.54, 1.807) is 18.3 Å². The molecular formula is C7H8O2S2. The highest BCUT2D eigenvalue weighted by Gasteiger charge is 2.12. The lowest BCUT2D eigenvalue weighted by molar-refractivity contribution is -0.136. The molecule has 60 valence electrons. The van der Waals surface area contributed by atoms with Crippen molar-refractivity contribution in [3.63, 3.8) is 0 Å². The molecular weight excluding hydrogens is 180 g/mol. The van der Waals surface area contributed by atoms with Gasteiger partial charge in [-0.1, -0.05) is 6.07 Å². The Balaban J connectivity index is 2.50. The fraction of sp³-hybridized carbons (Fsp3) is 0.286. The van der Waals surface area contributed by atoms with Crippen molar-refractivity contribution in [3.05, 3.63) is 17.5 Å². The molecule has 1 aromatic rings. The second-order valence-electron chi connectivity index (χ2n) is 2.03. The molecule has 1 N–H and O–H groups in total. The molecule has 1 rings (SSSR count). The maximum Gasteiger partial charge on any atom is 0.316 e. The molecule has 0 aromatic carbocycles. The van der Waals surface area contributed by atoms with E-state index in [0.29, 0.717) is 0 Å².